The zero-order valence-corrected chi connectivity index (χ0v) is 7.98. The molecule has 14 heavy (non-hydrogen) atoms. The van der Waals surface area contributed by atoms with Crippen molar-refractivity contribution >= 4 is 5.97 Å². The molecule has 2 saturated carbocycles. The number of carboxylic acid groups (broad SMARTS) is 1. The van der Waals surface area contributed by atoms with Gasteiger partial charge in [0.15, 0.2) is 0 Å². The minimum Gasteiger partial charge on any atom is -0.481 e. The summed E-state index contributed by atoms with van der Waals surface area (Å²) in [5.74, 6) is 2.42. The number of aliphatic carboxylic acids is 1. The van der Waals surface area contributed by atoms with Crippen LogP contribution in [-0.4, -0.2) is 23.8 Å². The van der Waals surface area contributed by atoms with E-state index in [0.717, 1.165) is 19.3 Å². The van der Waals surface area contributed by atoms with Gasteiger partial charge in [0.25, 0.3) is 0 Å². The van der Waals surface area contributed by atoms with E-state index in [1.165, 1.54) is 0 Å². The van der Waals surface area contributed by atoms with E-state index in [2.05, 4.69) is 5.92 Å². The van der Waals surface area contributed by atoms with Crippen molar-refractivity contribution in [2.24, 2.45) is 17.8 Å². The molecular formula is C11H14O3. The number of ether oxygens (including phenoxy) is 1. The Kier molecular flexibility index (Phi) is 2.47. The van der Waals surface area contributed by atoms with Gasteiger partial charge >= 0.3 is 5.97 Å². The quantitative estimate of drug-likeness (QED) is 0.685. The van der Waals surface area contributed by atoms with E-state index in [1.807, 2.05) is 0 Å². The first-order valence-corrected chi connectivity index (χ1v) is 5.00. The number of terminal acetylenes is 1. The summed E-state index contributed by atoms with van der Waals surface area (Å²) >= 11 is 0. The van der Waals surface area contributed by atoms with Crippen molar-refractivity contribution < 1.29 is 14.6 Å². The van der Waals surface area contributed by atoms with E-state index in [-0.39, 0.29) is 12.0 Å². The maximum absolute atomic E-state index is 10.8. The van der Waals surface area contributed by atoms with Gasteiger partial charge in [-0.3, -0.25) is 4.79 Å². The molecule has 4 atom stereocenters. The van der Waals surface area contributed by atoms with Crippen LogP contribution in [-0.2, 0) is 9.53 Å². The molecule has 1 N–H and O–H groups in total. The first kappa shape index (κ1) is 9.54. The van der Waals surface area contributed by atoms with Crippen LogP contribution in [0.25, 0.3) is 0 Å². The van der Waals surface area contributed by atoms with Crippen LogP contribution in [0.1, 0.15) is 19.3 Å². The first-order chi connectivity index (χ1) is 6.72. The van der Waals surface area contributed by atoms with E-state index < -0.39 is 5.97 Å². The molecule has 0 aromatic carbocycles. The smallest absolute Gasteiger partial charge is 0.306 e. The van der Waals surface area contributed by atoms with Crippen LogP contribution in [0.4, 0.5) is 0 Å². The third kappa shape index (κ3) is 1.51. The van der Waals surface area contributed by atoms with E-state index in [4.69, 9.17) is 16.3 Å². The summed E-state index contributed by atoms with van der Waals surface area (Å²) < 4.78 is 5.49. The molecule has 2 aliphatic carbocycles. The topological polar surface area (TPSA) is 46.5 Å². The third-order valence-electron chi connectivity index (χ3n) is 3.49. The van der Waals surface area contributed by atoms with Gasteiger partial charge in [-0.25, -0.2) is 0 Å². The Bertz CT molecular complexity index is 279. The Morgan fingerprint density at radius 1 is 1.43 bits per heavy atom. The largest absolute Gasteiger partial charge is 0.481 e. The zero-order valence-electron chi connectivity index (χ0n) is 7.98. The summed E-state index contributed by atoms with van der Waals surface area (Å²) in [4.78, 5) is 10.8. The average Bonchev–Trinajstić information content (AvgIpc) is 2.72. The number of carbonyl (C=O) groups is 1. The monoisotopic (exact) mass is 194 g/mol. The van der Waals surface area contributed by atoms with Crippen LogP contribution in [0.5, 0.6) is 0 Å². The van der Waals surface area contributed by atoms with Gasteiger partial charge in [-0.05, 0) is 31.1 Å². The molecule has 0 radical (unpaired) electrons. The van der Waals surface area contributed by atoms with Crippen molar-refractivity contribution in [1.29, 1.82) is 0 Å². The summed E-state index contributed by atoms with van der Waals surface area (Å²) in [5, 5.41) is 8.92. The molecule has 4 unspecified atom stereocenters. The molecule has 3 nitrogen and oxygen atoms in total. The van der Waals surface area contributed by atoms with Crippen molar-refractivity contribution in [1.82, 2.24) is 0 Å². The molecule has 2 rings (SSSR count). The molecule has 2 bridgehead atoms. The maximum Gasteiger partial charge on any atom is 0.306 e. The highest BCUT2D eigenvalue weighted by molar-refractivity contribution is 5.71. The molecule has 76 valence electrons. The summed E-state index contributed by atoms with van der Waals surface area (Å²) in [6.45, 7) is 0.353. The Morgan fingerprint density at radius 2 is 2.21 bits per heavy atom. The van der Waals surface area contributed by atoms with Gasteiger partial charge in [0.2, 0.25) is 0 Å². The average molecular weight is 194 g/mol. The molecule has 0 spiro atoms. The lowest BCUT2D eigenvalue weighted by molar-refractivity contribution is -0.144. The first-order valence-electron chi connectivity index (χ1n) is 5.00. The lowest BCUT2D eigenvalue weighted by Crippen LogP contribution is -2.28. The van der Waals surface area contributed by atoms with Crippen LogP contribution in [0, 0.1) is 30.1 Å². The predicted octanol–water partition coefficient (Wildman–Crippen LogP) is 1.14. The van der Waals surface area contributed by atoms with E-state index >= 15 is 0 Å². The zero-order chi connectivity index (χ0) is 10.1. The van der Waals surface area contributed by atoms with Gasteiger partial charge in [0.05, 0.1) is 12.0 Å². The molecule has 2 fully saturated rings. The highest BCUT2D eigenvalue weighted by atomic mass is 16.5. The number of hydrogen-bond acceptors (Lipinski definition) is 2. The minimum atomic E-state index is -0.645. The van der Waals surface area contributed by atoms with E-state index in [1.54, 1.807) is 0 Å². The number of rotatable bonds is 3. The molecule has 3 heteroatoms. The Hall–Kier alpha value is -1.01. The highest BCUT2D eigenvalue weighted by Gasteiger charge is 2.49. The van der Waals surface area contributed by atoms with Crippen molar-refractivity contribution in [2.75, 3.05) is 6.61 Å². The van der Waals surface area contributed by atoms with E-state index in [0.29, 0.717) is 18.4 Å². The summed E-state index contributed by atoms with van der Waals surface area (Å²) in [5.41, 5.74) is 0. The van der Waals surface area contributed by atoms with Gasteiger partial charge in [-0.15, -0.1) is 6.42 Å². The number of hydrogen-bond donors (Lipinski definition) is 1. The van der Waals surface area contributed by atoms with Gasteiger partial charge in [-0.2, -0.15) is 0 Å². The second-order valence-corrected chi connectivity index (χ2v) is 4.23. The number of fused-ring (bicyclic) bond motifs is 2. The summed E-state index contributed by atoms with van der Waals surface area (Å²) in [6, 6.07) is 0. The summed E-state index contributed by atoms with van der Waals surface area (Å²) in [6.07, 6.45) is 7.98. The second kappa shape index (κ2) is 3.62. The van der Waals surface area contributed by atoms with Gasteiger partial charge in [-0.1, -0.05) is 5.92 Å². The fourth-order valence-electron chi connectivity index (χ4n) is 2.88. The molecule has 0 aromatic heterocycles. The predicted molar refractivity (Wildman–Crippen MR) is 50.5 cm³/mol. The second-order valence-electron chi connectivity index (χ2n) is 4.23. The lowest BCUT2D eigenvalue weighted by Gasteiger charge is -2.24. The van der Waals surface area contributed by atoms with Crippen molar-refractivity contribution in [3.63, 3.8) is 0 Å². The van der Waals surface area contributed by atoms with Crippen molar-refractivity contribution in [3.05, 3.63) is 0 Å². The molecule has 0 aromatic rings. The van der Waals surface area contributed by atoms with Crippen molar-refractivity contribution in [2.45, 2.75) is 25.4 Å². The van der Waals surface area contributed by atoms with Crippen LogP contribution in [0.3, 0.4) is 0 Å². The third-order valence-corrected chi connectivity index (χ3v) is 3.49. The molecule has 0 saturated heterocycles. The Labute approximate surface area is 83.4 Å². The standard InChI is InChI=1S/C11H14O3/c1-2-3-14-10-6-7-4-8(10)5-9(7)11(12)13/h1,7-10H,3-6H2,(H,12,13). The van der Waals surface area contributed by atoms with Crippen molar-refractivity contribution in [3.8, 4) is 12.3 Å². The lowest BCUT2D eigenvalue weighted by atomic mass is 9.87. The molecular weight excluding hydrogens is 180 g/mol. The molecule has 0 heterocycles. The summed E-state index contributed by atoms with van der Waals surface area (Å²) in [7, 11) is 0. The highest BCUT2D eigenvalue weighted by Crippen LogP contribution is 2.49. The molecule has 0 aliphatic heterocycles. The van der Waals surface area contributed by atoms with Crippen LogP contribution in [0.15, 0.2) is 0 Å². The normalized spacial score (nSPS) is 39.6. The number of carboxylic acids is 1. The van der Waals surface area contributed by atoms with Gasteiger partial charge < -0.3 is 9.84 Å². The Balaban J connectivity index is 1.90. The molecule has 2 aliphatic rings. The Morgan fingerprint density at radius 3 is 2.71 bits per heavy atom. The van der Waals surface area contributed by atoms with Gasteiger partial charge in [0.1, 0.15) is 6.61 Å². The fraction of sp³-hybridized carbons (Fsp3) is 0.727. The fourth-order valence-corrected chi connectivity index (χ4v) is 2.88. The molecule has 0 amide bonds. The van der Waals surface area contributed by atoms with Crippen LogP contribution >= 0.6 is 0 Å². The SMILES string of the molecule is C#CCOC1CC2CC1CC2C(=O)O. The maximum atomic E-state index is 10.8. The minimum absolute atomic E-state index is 0.134. The van der Waals surface area contributed by atoms with Crippen LogP contribution in [0.2, 0.25) is 0 Å². The van der Waals surface area contributed by atoms with Gasteiger partial charge in [0, 0.05) is 0 Å². The van der Waals surface area contributed by atoms with Crippen LogP contribution < -0.4 is 0 Å². The van der Waals surface area contributed by atoms with E-state index in [9.17, 15) is 4.79 Å².